The Morgan fingerprint density at radius 1 is 1.07 bits per heavy atom. The molecule has 0 aliphatic heterocycles. The summed E-state index contributed by atoms with van der Waals surface area (Å²) in [6.45, 7) is 10.5. The van der Waals surface area contributed by atoms with Crippen LogP contribution in [0.25, 0.3) is 0 Å². The average molecular weight is 219 g/mol. The summed E-state index contributed by atoms with van der Waals surface area (Å²) in [5, 5.41) is 10.2. The van der Waals surface area contributed by atoms with Crippen LogP contribution in [-0.4, -0.2) is 44.0 Å². The van der Waals surface area contributed by atoms with E-state index in [-0.39, 0.29) is 0 Å². The molecule has 3 N–H and O–H groups in total. The van der Waals surface area contributed by atoms with Gasteiger partial charge < -0.3 is 16.0 Å². The Morgan fingerprint density at radius 3 is 2.29 bits per heavy atom. The predicted octanol–water partition coefficient (Wildman–Crippen LogP) is 0.482. The van der Waals surface area contributed by atoms with Crippen LogP contribution in [0.4, 0.5) is 0 Å². The highest BCUT2D eigenvalue weighted by Crippen LogP contribution is 1.87. The van der Waals surface area contributed by atoms with Gasteiger partial charge in [-0.1, -0.05) is 13.8 Å². The van der Waals surface area contributed by atoms with Crippen molar-refractivity contribution in [2.24, 2.45) is 0 Å². The van der Waals surface area contributed by atoms with E-state index in [1.54, 1.807) is 0 Å². The third-order valence-electron chi connectivity index (χ3n) is 2.13. The minimum Gasteiger partial charge on any atom is -0.315 e. The van der Waals surface area contributed by atoms with Gasteiger partial charge in [-0.25, -0.2) is 0 Å². The van der Waals surface area contributed by atoms with Crippen LogP contribution in [-0.2, 0) is 0 Å². The molecule has 0 saturated carbocycles. The number of hydrogen-bond donors (Lipinski definition) is 4. The third kappa shape index (κ3) is 7.62. The summed E-state index contributed by atoms with van der Waals surface area (Å²) < 4.78 is 0. The summed E-state index contributed by atoms with van der Waals surface area (Å²) in [5.41, 5.74) is 0. The maximum atomic E-state index is 4.30. The van der Waals surface area contributed by atoms with E-state index in [9.17, 15) is 0 Å². The van der Waals surface area contributed by atoms with Gasteiger partial charge in [-0.05, 0) is 20.0 Å². The first-order valence-corrected chi connectivity index (χ1v) is 6.16. The van der Waals surface area contributed by atoms with E-state index in [0.717, 1.165) is 31.9 Å². The molecule has 0 unspecified atom stereocenters. The molecule has 4 heteroatoms. The third-order valence-corrected chi connectivity index (χ3v) is 2.57. The lowest BCUT2D eigenvalue weighted by Gasteiger charge is -2.20. The molecule has 0 aromatic heterocycles. The van der Waals surface area contributed by atoms with Crippen molar-refractivity contribution < 1.29 is 0 Å². The molecule has 0 aliphatic carbocycles. The fourth-order valence-electron chi connectivity index (χ4n) is 1.27. The number of hydrogen-bond acceptors (Lipinski definition) is 4. The molecule has 0 aliphatic rings. The smallest absolute Gasteiger partial charge is 0.0280 e. The van der Waals surface area contributed by atoms with Crippen molar-refractivity contribution in [3.8, 4) is 0 Å². The fourth-order valence-corrected chi connectivity index (χ4v) is 1.52. The van der Waals surface area contributed by atoms with E-state index < -0.39 is 0 Å². The van der Waals surface area contributed by atoms with Crippen LogP contribution in [0.2, 0.25) is 0 Å². The molecule has 0 heterocycles. The van der Waals surface area contributed by atoms with Gasteiger partial charge in [0, 0.05) is 30.9 Å². The monoisotopic (exact) mass is 219 g/mol. The molecule has 0 fully saturated rings. The minimum absolute atomic E-state index is 0.479. The Labute approximate surface area is 93.8 Å². The molecule has 3 nitrogen and oxygen atoms in total. The summed E-state index contributed by atoms with van der Waals surface area (Å²) in [7, 11) is 0. The Hall–Kier alpha value is 0.230. The normalized spacial score (nSPS) is 15.4. The quantitative estimate of drug-likeness (QED) is 0.426. The van der Waals surface area contributed by atoms with Crippen LogP contribution in [0, 0.1) is 0 Å². The van der Waals surface area contributed by atoms with Crippen LogP contribution >= 0.6 is 12.6 Å². The van der Waals surface area contributed by atoms with Gasteiger partial charge in [-0.3, -0.25) is 0 Å². The summed E-state index contributed by atoms with van der Waals surface area (Å²) in [6, 6.07) is 1.00. The number of rotatable bonds is 9. The first-order valence-electron chi connectivity index (χ1n) is 5.52. The maximum absolute atomic E-state index is 4.30. The van der Waals surface area contributed by atoms with E-state index in [0.29, 0.717) is 12.1 Å². The highest BCUT2D eigenvalue weighted by Gasteiger charge is 2.06. The van der Waals surface area contributed by atoms with E-state index in [4.69, 9.17) is 0 Å². The van der Waals surface area contributed by atoms with E-state index >= 15 is 0 Å². The molecule has 0 saturated heterocycles. The highest BCUT2D eigenvalue weighted by molar-refractivity contribution is 7.80. The second kappa shape index (κ2) is 9.77. The lowest BCUT2D eigenvalue weighted by Crippen LogP contribution is -2.45. The van der Waals surface area contributed by atoms with Crippen molar-refractivity contribution in [1.29, 1.82) is 0 Å². The first kappa shape index (κ1) is 14.2. The second-order valence-corrected chi connectivity index (χ2v) is 3.92. The molecule has 0 aromatic rings. The lowest BCUT2D eigenvalue weighted by atomic mass is 10.2. The number of thiol groups is 1. The summed E-state index contributed by atoms with van der Waals surface area (Å²) in [5.74, 6) is 0.884. The molecular weight excluding hydrogens is 194 g/mol. The topological polar surface area (TPSA) is 36.1 Å². The Balaban J connectivity index is 3.46. The van der Waals surface area contributed by atoms with Crippen molar-refractivity contribution in [3.63, 3.8) is 0 Å². The standard InChI is InChI=1S/C10H25N3S/c1-4-11-6-9(3)13-7-10(8-14)12-5-2/h9-14H,4-8H2,1-3H3/t9-,10-/m0/s1. The van der Waals surface area contributed by atoms with Crippen molar-refractivity contribution in [2.45, 2.75) is 32.9 Å². The Bertz CT molecular complexity index is 122. The zero-order chi connectivity index (χ0) is 10.8. The SMILES string of the molecule is CCNC[C@H](C)NC[C@@H](CS)NCC. The van der Waals surface area contributed by atoms with Crippen LogP contribution in [0.1, 0.15) is 20.8 Å². The molecule has 0 bridgehead atoms. The number of likely N-dealkylation sites (N-methyl/N-ethyl adjacent to an activating group) is 2. The average Bonchev–Trinajstić information content (AvgIpc) is 2.21. The van der Waals surface area contributed by atoms with E-state index in [1.807, 2.05) is 0 Å². The number of nitrogens with one attached hydrogen (secondary N) is 3. The van der Waals surface area contributed by atoms with Gasteiger partial charge in [0.05, 0.1) is 0 Å². The van der Waals surface area contributed by atoms with Gasteiger partial charge in [-0.2, -0.15) is 12.6 Å². The Morgan fingerprint density at radius 2 is 1.79 bits per heavy atom. The summed E-state index contributed by atoms with van der Waals surface area (Å²) >= 11 is 4.30. The molecule has 0 rings (SSSR count). The summed E-state index contributed by atoms with van der Waals surface area (Å²) in [4.78, 5) is 0. The van der Waals surface area contributed by atoms with Crippen molar-refractivity contribution in [1.82, 2.24) is 16.0 Å². The molecule has 0 aromatic carbocycles. The van der Waals surface area contributed by atoms with Crippen molar-refractivity contribution >= 4 is 12.6 Å². The molecule has 0 spiro atoms. The predicted molar refractivity (Wildman–Crippen MR) is 67.3 cm³/mol. The largest absolute Gasteiger partial charge is 0.315 e. The maximum Gasteiger partial charge on any atom is 0.0280 e. The lowest BCUT2D eigenvalue weighted by molar-refractivity contribution is 0.457. The zero-order valence-corrected chi connectivity index (χ0v) is 10.5. The van der Waals surface area contributed by atoms with Crippen LogP contribution in [0.15, 0.2) is 0 Å². The molecule has 2 atom stereocenters. The van der Waals surface area contributed by atoms with Crippen molar-refractivity contribution in [3.05, 3.63) is 0 Å². The minimum atomic E-state index is 0.479. The molecule has 0 radical (unpaired) electrons. The van der Waals surface area contributed by atoms with Crippen LogP contribution < -0.4 is 16.0 Å². The van der Waals surface area contributed by atoms with Gasteiger partial charge in [0.2, 0.25) is 0 Å². The van der Waals surface area contributed by atoms with E-state index in [2.05, 4.69) is 49.4 Å². The van der Waals surface area contributed by atoms with Gasteiger partial charge in [0.1, 0.15) is 0 Å². The second-order valence-electron chi connectivity index (χ2n) is 3.55. The summed E-state index contributed by atoms with van der Waals surface area (Å²) in [6.07, 6.45) is 0. The van der Waals surface area contributed by atoms with E-state index in [1.165, 1.54) is 0 Å². The Kier molecular flexibility index (Phi) is 9.93. The molecule has 14 heavy (non-hydrogen) atoms. The van der Waals surface area contributed by atoms with Crippen LogP contribution in [0.5, 0.6) is 0 Å². The van der Waals surface area contributed by atoms with Gasteiger partial charge in [-0.15, -0.1) is 0 Å². The zero-order valence-electron chi connectivity index (χ0n) is 9.64. The first-order chi connectivity index (χ1) is 6.74. The molecule has 0 amide bonds. The van der Waals surface area contributed by atoms with Gasteiger partial charge >= 0.3 is 0 Å². The molecular formula is C10H25N3S. The fraction of sp³-hybridized carbons (Fsp3) is 1.00. The molecule has 86 valence electrons. The van der Waals surface area contributed by atoms with Crippen LogP contribution in [0.3, 0.4) is 0 Å². The highest BCUT2D eigenvalue weighted by atomic mass is 32.1. The van der Waals surface area contributed by atoms with Crippen molar-refractivity contribution in [2.75, 3.05) is 31.9 Å². The van der Waals surface area contributed by atoms with Gasteiger partial charge in [0.25, 0.3) is 0 Å². The van der Waals surface area contributed by atoms with Gasteiger partial charge in [0.15, 0.2) is 0 Å².